The minimum Gasteiger partial charge on any atom is -0.465 e. The second-order valence-corrected chi connectivity index (χ2v) is 7.48. The van der Waals surface area contributed by atoms with Crippen molar-refractivity contribution in [2.45, 2.75) is 57.2 Å². The Balaban J connectivity index is 2.11. The molecule has 2 N–H and O–H groups in total. The van der Waals surface area contributed by atoms with Gasteiger partial charge in [-0.2, -0.15) is 0 Å². The highest BCUT2D eigenvalue weighted by atomic mass is 32.2. The molecule has 1 fully saturated rings. The number of aliphatic hydroxyl groups is 1. The van der Waals surface area contributed by atoms with Crippen molar-refractivity contribution < 1.29 is 17.9 Å². The number of rotatable bonds is 7. The van der Waals surface area contributed by atoms with Crippen molar-refractivity contribution in [1.82, 2.24) is 9.62 Å². The lowest BCUT2D eigenvalue weighted by atomic mass is 10.2. The number of likely N-dealkylation sites (N-methyl/N-ethyl adjacent to an activating group) is 1. The maximum Gasteiger partial charge on any atom is 0.244 e. The summed E-state index contributed by atoms with van der Waals surface area (Å²) in [5.74, 6) is 0.755. The Hall–Kier alpha value is -0.890. The third-order valence-corrected chi connectivity index (χ3v) is 5.76. The first-order valence-corrected chi connectivity index (χ1v) is 8.67. The van der Waals surface area contributed by atoms with Gasteiger partial charge < -0.3 is 9.52 Å². The van der Waals surface area contributed by atoms with Crippen molar-refractivity contribution in [3.8, 4) is 0 Å². The summed E-state index contributed by atoms with van der Waals surface area (Å²) in [6.45, 7) is 5.24. The van der Waals surface area contributed by atoms with Gasteiger partial charge in [-0.05, 0) is 40.7 Å². The maximum absolute atomic E-state index is 12.5. The molecule has 0 amide bonds. The van der Waals surface area contributed by atoms with Gasteiger partial charge in [-0.1, -0.05) is 0 Å². The number of aliphatic hydroxyl groups excluding tert-OH is 1. The van der Waals surface area contributed by atoms with Crippen LogP contribution in [0.1, 0.15) is 36.8 Å². The molecule has 0 radical (unpaired) electrons. The van der Waals surface area contributed by atoms with Gasteiger partial charge >= 0.3 is 0 Å². The molecule has 0 aromatic carbocycles. The number of aryl methyl sites for hydroxylation is 2. The van der Waals surface area contributed by atoms with E-state index in [-0.39, 0.29) is 17.5 Å². The fourth-order valence-electron chi connectivity index (χ4n) is 2.53. The molecule has 2 rings (SSSR count). The molecule has 1 aliphatic rings. The molecule has 1 atom stereocenters. The fraction of sp³-hybridized carbons (Fsp3) is 0.714. The van der Waals surface area contributed by atoms with Gasteiger partial charge in [0, 0.05) is 24.2 Å². The number of nitrogens with zero attached hydrogens (tertiary/aromatic N) is 1. The van der Waals surface area contributed by atoms with Crippen molar-refractivity contribution in [3.05, 3.63) is 17.1 Å². The molecular weight excluding hydrogens is 292 g/mol. The Kier molecular flexibility index (Phi) is 4.77. The SMILES string of the molecule is Cc1oc(C)c(S(=O)(=O)NCC(C)N(C)C2CC2)c1CO. The molecule has 1 unspecified atom stereocenters. The van der Waals surface area contributed by atoms with E-state index in [0.29, 0.717) is 29.7 Å². The summed E-state index contributed by atoms with van der Waals surface area (Å²) in [5, 5.41) is 9.36. The van der Waals surface area contributed by atoms with Gasteiger partial charge in [-0.15, -0.1) is 0 Å². The van der Waals surface area contributed by atoms with E-state index in [2.05, 4.69) is 9.62 Å². The van der Waals surface area contributed by atoms with Crippen molar-refractivity contribution in [2.75, 3.05) is 13.6 Å². The van der Waals surface area contributed by atoms with E-state index in [4.69, 9.17) is 4.42 Å². The molecular formula is C14H24N2O4S. The van der Waals surface area contributed by atoms with Gasteiger partial charge in [-0.25, -0.2) is 13.1 Å². The molecule has 21 heavy (non-hydrogen) atoms. The Morgan fingerprint density at radius 2 is 2.00 bits per heavy atom. The van der Waals surface area contributed by atoms with Crippen molar-refractivity contribution in [2.24, 2.45) is 0 Å². The molecule has 1 aliphatic carbocycles. The zero-order valence-electron chi connectivity index (χ0n) is 13.0. The predicted molar refractivity (Wildman–Crippen MR) is 79.5 cm³/mol. The maximum atomic E-state index is 12.5. The molecule has 120 valence electrons. The summed E-state index contributed by atoms with van der Waals surface area (Å²) < 4.78 is 32.9. The van der Waals surface area contributed by atoms with Crippen molar-refractivity contribution >= 4 is 10.0 Å². The first-order chi connectivity index (χ1) is 9.77. The van der Waals surface area contributed by atoms with Crippen molar-refractivity contribution in [1.29, 1.82) is 0 Å². The lowest BCUT2D eigenvalue weighted by Crippen LogP contribution is -2.41. The number of nitrogens with one attached hydrogen (secondary N) is 1. The molecule has 1 saturated carbocycles. The van der Waals surface area contributed by atoms with E-state index >= 15 is 0 Å². The summed E-state index contributed by atoms with van der Waals surface area (Å²) in [5.41, 5.74) is 0.336. The van der Waals surface area contributed by atoms with E-state index in [0.717, 1.165) is 0 Å². The fourth-order valence-corrected chi connectivity index (χ4v) is 4.09. The molecule has 1 heterocycles. The minimum absolute atomic E-state index is 0.0729. The normalized spacial score (nSPS) is 17.4. The predicted octanol–water partition coefficient (Wildman–Crippen LogP) is 1.15. The van der Waals surface area contributed by atoms with Gasteiger partial charge in [0.2, 0.25) is 10.0 Å². The average Bonchev–Trinajstić information content (AvgIpc) is 3.20. The number of hydrogen-bond acceptors (Lipinski definition) is 5. The highest BCUT2D eigenvalue weighted by Gasteiger charge is 2.31. The summed E-state index contributed by atoms with van der Waals surface area (Å²) in [6, 6.07) is 0.702. The van der Waals surface area contributed by atoms with Gasteiger partial charge in [0.1, 0.15) is 16.4 Å². The number of hydrogen-bond donors (Lipinski definition) is 2. The van der Waals surface area contributed by atoms with E-state index in [1.54, 1.807) is 13.8 Å². The number of furan rings is 1. The molecule has 0 saturated heterocycles. The van der Waals surface area contributed by atoms with Crippen LogP contribution in [0.4, 0.5) is 0 Å². The van der Waals surface area contributed by atoms with Crippen LogP contribution in [0.15, 0.2) is 9.31 Å². The number of sulfonamides is 1. The molecule has 1 aromatic heterocycles. The van der Waals surface area contributed by atoms with Gasteiger partial charge in [0.25, 0.3) is 0 Å². The van der Waals surface area contributed by atoms with Gasteiger partial charge in [0.15, 0.2) is 0 Å². The summed E-state index contributed by atoms with van der Waals surface area (Å²) >= 11 is 0. The van der Waals surface area contributed by atoms with E-state index in [1.807, 2.05) is 14.0 Å². The molecule has 0 spiro atoms. The van der Waals surface area contributed by atoms with Crippen LogP contribution in [0.25, 0.3) is 0 Å². The molecule has 6 nitrogen and oxygen atoms in total. The van der Waals surface area contributed by atoms with Crippen LogP contribution < -0.4 is 4.72 Å². The van der Waals surface area contributed by atoms with Crippen LogP contribution in [-0.2, 0) is 16.6 Å². The zero-order valence-corrected chi connectivity index (χ0v) is 13.8. The van der Waals surface area contributed by atoms with Crippen molar-refractivity contribution in [3.63, 3.8) is 0 Å². The lowest BCUT2D eigenvalue weighted by molar-refractivity contribution is 0.248. The quantitative estimate of drug-likeness (QED) is 0.788. The standard InChI is InChI=1S/C14H24N2O4S/c1-9(16(4)12-5-6-12)7-15-21(18,19)14-11(3)20-10(2)13(14)8-17/h9,12,15,17H,5-8H2,1-4H3. The first-order valence-electron chi connectivity index (χ1n) is 7.19. The Morgan fingerprint density at radius 1 is 1.38 bits per heavy atom. The summed E-state index contributed by atoms with van der Waals surface area (Å²) in [6.07, 6.45) is 2.37. The topological polar surface area (TPSA) is 82.8 Å². The van der Waals surface area contributed by atoms with Crippen LogP contribution in [0.2, 0.25) is 0 Å². The Bertz CT molecular complexity index is 605. The van der Waals surface area contributed by atoms with Crippen LogP contribution in [0, 0.1) is 13.8 Å². The average molecular weight is 316 g/mol. The molecule has 0 bridgehead atoms. The highest BCUT2D eigenvalue weighted by molar-refractivity contribution is 7.89. The molecule has 1 aromatic rings. The van der Waals surface area contributed by atoms with Gasteiger partial charge in [-0.3, -0.25) is 4.90 Å². The lowest BCUT2D eigenvalue weighted by Gasteiger charge is -2.24. The zero-order chi connectivity index (χ0) is 15.8. The van der Waals surface area contributed by atoms with E-state index in [1.165, 1.54) is 12.8 Å². The second kappa shape index (κ2) is 6.08. The Morgan fingerprint density at radius 3 is 2.52 bits per heavy atom. The third kappa shape index (κ3) is 3.48. The smallest absolute Gasteiger partial charge is 0.244 e. The van der Waals surface area contributed by atoms with E-state index < -0.39 is 10.0 Å². The molecule has 7 heteroatoms. The monoisotopic (exact) mass is 316 g/mol. The van der Waals surface area contributed by atoms with Crippen LogP contribution >= 0.6 is 0 Å². The van der Waals surface area contributed by atoms with Crippen LogP contribution in [0.3, 0.4) is 0 Å². The summed E-state index contributed by atoms with van der Waals surface area (Å²) in [4.78, 5) is 2.27. The summed E-state index contributed by atoms with van der Waals surface area (Å²) in [7, 11) is -1.66. The highest BCUT2D eigenvalue weighted by Crippen LogP contribution is 2.28. The van der Waals surface area contributed by atoms with Crippen LogP contribution in [0.5, 0.6) is 0 Å². The largest absolute Gasteiger partial charge is 0.465 e. The Labute approximate surface area is 126 Å². The van der Waals surface area contributed by atoms with Crippen LogP contribution in [-0.4, -0.2) is 44.1 Å². The minimum atomic E-state index is -3.68. The first kappa shape index (κ1) is 16.5. The molecule has 0 aliphatic heterocycles. The van der Waals surface area contributed by atoms with E-state index in [9.17, 15) is 13.5 Å². The third-order valence-electron chi connectivity index (χ3n) is 4.14. The second-order valence-electron chi connectivity index (χ2n) is 5.78. The van der Waals surface area contributed by atoms with Gasteiger partial charge in [0.05, 0.1) is 6.61 Å².